The van der Waals surface area contributed by atoms with Crippen molar-refractivity contribution in [2.45, 2.75) is 17.7 Å². The molecule has 0 radical (unpaired) electrons. The van der Waals surface area contributed by atoms with Crippen LogP contribution < -0.4 is 18.9 Å². The van der Waals surface area contributed by atoms with E-state index in [-0.39, 0.29) is 0 Å². The zero-order valence-electron chi connectivity index (χ0n) is 22.2. The summed E-state index contributed by atoms with van der Waals surface area (Å²) in [6.07, 6.45) is 0. The third-order valence-corrected chi connectivity index (χ3v) is 19.9. The molecule has 4 nitrogen and oxygen atoms in total. The molecular weight excluding hydrogens is 567 g/mol. The third kappa shape index (κ3) is 6.61. The molecule has 37 heavy (non-hydrogen) atoms. The Labute approximate surface area is 225 Å². The fourth-order valence-electron chi connectivity index (χ4n) is 5.39. The SMILES string of the molecule is COc1ccccc1[CH2][Sn]([CH2]c1ccccc1OC)([CH2]c1ccccc1OC)[CH2]c1ccccc1OC. The van der Waals surface area contributed by atoms with E-state index in [1.54, 1.807) is 28.4 Å². The van der Waals surface area contributed by atoms with Gasteiger partial charge in [-0.3, -0.25) is 0 Å². The maximum atomic E-state index is 5.84. The molecule has 0 bridgehead atoms. The molecule has 0 atom stereocenters. The van der Waals surface area contributed by atoms with E-state index in [0.29, 0.717) is 0 Å². The topological polar surface area (TPSA) is 36.9 Å². The quantitative estimate of drug-likeness (QED) is 0.171. The van der Waals surface area contributed by atoms with Crippen molar-refractivity contribution in [1.29, 1.82) is 0 Å². The van der Waals surface area contributed by atoms with E-state index in [1.165, 1.54) is 22.3 Å². The minimum atomic E-state index is -3.31. The van der Waals surface area contributed by atoms with Crippen molar-refractivity contribution in [3.05, 3.63) is 119 Å². The van der Waals surface area contributed by atoms with Gasteiger partial charge in [-0.05, 0) is 0 Å². The van der Waals surface area contributed by atoms with E-state index in [0.717, 1.165) is 40.7 Å². The van der Waals surface area contributed by atoms with Crippen LogP contribution >= 0.6 is 0 Å². The van der Waals surface area contributed by atoms with Gasteiger partial charge in [-0.2, -0.15) is 0 Å². The van der Waals surface area contributed by atoms with E-state index < -0.39 is 18.4 Å². The van der Waals surface area contributed by atoms with Gasteiger partial charge in [-0.1, -0.05) is 0 Å². The number of hydrogen-bond acceptors (Lipinski definition) is 4. The normalized spacial score (nSPS) is 11.1. The Morgan fingerprint density at radius 2 is 0.595 bits per heavy atom. The summed E-state index contributed by atoms with van der Waals surface area (Å²) < 4.78 is 27.4. The van der Waals surface area contributed by atoms with Crippen LogP contribution in [0.25, 0.3) is 0 Å². The van der Waals surface area contributed by atoms with E-state index in [1.807, 2.05) is 24.3 Å². The zero-order chi connectivity index (χ0) is 26.1. The van der Waals surface area contributed by atoms with Gasteiger partial charge < -0.3 is 0 Å². The van der Waals surface area contributed by atoms with Crippen LogP contribution in [0.2, 0.25) is 0 Å². The minimum absolute atomic E-state index is 0.948. The summed E-state index contributed by atoms with van der Waals surface area (Å²) in [5, 5.41) is 0. The van der Waals surface area contributed by atoms with Crippen LogP contribution in [0.3, 0.4) is 0 Å². The molecule has 0 aliphatic heterocycles. The molecule has 0 spiro atoms. The van der Waals surface area contributed by atoms with Gasteiger partial charge in [-0.15, -0.1) is 0 Å². The molecule has 4 rings (SSSR count). The van der Waals surface area contributed by atoms with Crippen molar-refractivity contribution >= 4 is 18.4 Å². The summed E-state index contributed by atoms with van der Waals surface area (Å²) in [4.78, 5) is 0. The molecule has 0 N–H and O–H groups in total. The number of ether oxygens (including phenoxy) is 4. The van der Waals surface area contributed by atoms with Crippen LogP contribution in [-0.2, 0) is 17.7 Å². The van der Waals surface area contributed by atoms with Gasteiger partial charge in [-0.25, -0.2) is 0 Å². The first-order chi connectivity index (χ1) is 18.1. The van der Waals surface area contributed by atoms with E-state index in [9.17, 15) is 0 Å². The van der Waals surface area contributed by atoms with Crippen molar-refractivity contribution < 1.29 is 18.9 Å². The number of methoxy groups -OCH3 is 4. The molecule has 0 unspecified atom stereocenters. The van der Waals surface area contributed by atoms with Crippen LogP contribution in [0.15, 0.2) is 97.1 Å². The Kier molecular flexibility index (Phi) is 9.39. The Balaban J connectivity index is 1.91. The van der Waals surface area contributed by atoms with Crippen molar-refractivity contribution in [1.82, 2.24) is 0 Å². The molecule has 0 saturated heterocycles. The van der Waals surface area contributed by atoms with Gasteiger partial charge in [0.1, 0.15) is 0 Å². The molecule has 0 aliphatic rings. The second-order valence-corrected chi connectivity index (χ2v) is 22.1. The fourth-order valence-corrected chi connectivity index (χ4v) is 20.1. The number of hydrogen-bond donors (Lipinski definition) is 0. The molecule has 0 aliphatic carbocycles. The predicted molar refractivity (Wildman–Crippen MR) is 153 cm³/mol. The number of benzene rings is 4. The van der Waals surface area contributed by atoms with Crippen molar-refractivity contribution in [2.24, 2.45) is 0 Å². The predicted octanol–water partition coefficient (Wildman–Crippen LogP) is 6.60. The maximum absolute atomic E-state index is 5.84. The molecule has 0 amide bonds. The Hall–Kier alpha value is -3.12. The Bertz CT molecular complexity index is 1100. The van der Waals surface area contributed by atoms with Crippen molar-refractivity contribution in [2.75, 3.05) is 28.4 Å². The summed E-state index contributed by atoms with van der Waals surface area (Å²) in [5.74, 6) is 3.79. The molecule has 4 aromatic carbocycles. The monoisotopic (exact) mass is 604 g/mol. The van der Waals surface area contributed by atoms with Gasteiger partial charge >= 0.3 is 226 Å². The number of para-hydroxylation sites is 4. The molecule has 0 aromatic heterocycles. The van der Waals surface area contributed by atoms with E-state index in [4.69, 9.17) is 18.9 Å². The van der Waals surface area contributed by atoms with Crippen LogP contribution in [0, 0.1) is 0 Å². The first kappa shape index (κ1) is 26.9. The summed E-state index contributed by atoms with van der Waals surface area (Å²) >= 11 is -3.31. The van der Waals surface area contributed by atoms with Gasteiger partial charge in [0.2, 0.25) is 0 Å². The second-order valence-electron chi connectivity index (χ2n) is 9.45. The molecule has 0 heterocycles. The van der Waals surface area contributed by atoms with Gasteiger partial charge in [0.25, 0.3) is 0 Å². The van der Waals surface area contributed by atoms with Crippen molar-refractivity contribution in [3.8, 4) is 23.0 Å². The zero-order valence-corrected chi connectivity index (χ0v) is 25.1. The first-order valence-electron chi connectivity index (χ1n) is 12.6. The Morgan fingerprint density at radius 3 is 0.811 bits per heavy atom. The van der Waals surface area contributed by atoms with Crippen molar-refractivity contribution in [3.63, 3.8) is 0 Å². The van der Waals surface area contributed by atoms with Crippen LogP contribution in [0.4, 0.5) is 0 Å². The first-order valence-corrected chi connectivity index (χ1v) is 20.7. The molecule has 0 fully saturated rings. The van der Waals surface area contributed by atoms with Gasteiger partial charge in [0, 0.05) is 0 Å². The number of rotatable bonds is 12. The third-order valence-electron chi connectivity index (χ3n) is 7.03. The molecule has 0 saturated carbocycles. The Morgan fingerprint density at radius 1 is 0.378 bits per heavy atom. The summed E-state index contributed by atoms with van der Waals surface area (Å²) in [6, 6.07) is 33.8. The van der Waals surface area contributed by atoms with Gasteiger partial charge in [0.15, 0.2) is 0 Å². The fraction of sp³-hybridized carbons (Fsp3) is 0.250. The molecule has 5 heteroatoms. The van der Waals surface area contributed by atoms with Gasteiger partial charge in [0.05, 0.1) is 0 Å². The molecule has 4 aromatic rings. The summed E-state index contributed by atoms with van der Waals surface area (Å²) in [7, 11) is 7.04. The second kappa shape index (κ2) is 12.9. The summed E-state index contributed by atoms with van der Waals surface area (Å²) in [5.41, 5.74) is 5.06. The standard InChI is InChI=1S/4C8H9O.Sn/c4*1-7-5-3-4-6-8(7)9-2;/h4*3-6H,1H2,2H3;. The van der Waals surface area contributed by atoms with E-state index in [2.05, 4.69) is 72.8 Å². The van der Waals surface area contributed by atoms with Crippen LogP contribution in [0.5, 0.6) is 23.0 Å². The molecule has 192 valence electrons. The average Bonchev–Trinajstić information content (AvgIpc) is 2.94. The van der Waals surface area contributed by atoms with Crippen LogP contribution in [-0.4, -0.2) is 46.8 Å². The van der Waals surface area contributed by atoms with Crippen LogP contribution in [0.1, 0.15) is 22.3 Å². The van der Waals surface area contributed by atoms with E-state index >= 15 is 0 Å². The summed E-state index contributed by atoms with van der Waals surface area (Å²) in [6.45, 7) is 0. The molecular formula is C32H36O4Sn. The average molecular weight is 603 g/mol.